The van der Waals surface area contributed by atoms with Crippen LogP contribution in [0.3, 0.4) is 0 Å². The van der Waals surface area contributed by atoms with Crippen LogP contribution in [0.2, 0.25) is 0 Å². The Kier molecular flexibility index (Phi) is 7.51. The zero-order chi connectivity index (χ0) is 14.8. The van der Waals surface area contributed by atoms with E-state index in [1.165, 1.54) is 5.56 Å². The largest absolute Gasteiger partial charge is 0.495 e. The predicted octanol–water partition coefficient (Wildman–Crippen LogP) is 3.42. The van der Waals surface area contributed by atoms with Crippen LogP contribution < -0.4 is 0 Å². The van der Waals surface area contributed by atoms with Crippen LogP contribution in [-0.4, -0.2) is 41.1 Å². The average molecular weight is 274 g/mol. The van der Waals surface area contributed by atoms with Crippen molar-refractivity contribution in [1.82, 2.24) is 9.80 Å². The van der Waals surface area contributed by atoms with E-state index in [0.29, 0.717) is 5.88 Å². The third-order valence-electron chi connectivity index (χ3n) is 3.36. The lowest BCUT2D eigenvalue weighted by Gasteiger charge is -2.26. The molecule has 0 aliphatic rings. The number of hydrogen-bond donors (Lipinski definition) is 1. The molecule has 1 N–H and O–H groups in total. The van der Waals surface area contributed by atoms with Gasteiger partial charge in [-0.2, -0.15) is 0 Å². The van der Waals surface area contributed by atoms with Crippen LogP contribution in [0, 0.1) is 0 Å². The maximum absolute atomic E-state index is 9.88. The Bertz CT molecular complexity index is 414. The van der Waals surface area contributed by atoms with E-state index in [0.717, 1.165) is 32.7 Å². The summed E-state index contributed by atoms with van der Waals surface area (Å²) in [7, 11) is 0. The molecule has 3 heteroatoms. The molecule has 0 spiro atoms. The third-order valence-corrected chi connectivity index (χ3v) is 3.36. The highest BCUT2D eigenvalue weighted by molar-refractivity contribution is 5.14. The Morgan fingerprint density at radius 2 is 1.85 bits per heavy atom. The molecule has 1 rings (SSSR count). The number of rotatable bonds is 9. The van der Waals surface area contributed by atoms with Gasteiger partial charge in [0, 0.05) is 26.2 Å². The molecule has 0 amide bonds. The molecule has 0 bridgehead atoms. The molecular formula is C17H26N2O. The fourth-order valence-electron chi connectivity index (χ4n) is 2.10. The van der Waals surface area contributed by atoms with Gasteiger partial charge in [0.05, 0.1) is 0 Å². The van der Waals surface area contributed by atoms with Crippen molar-refractivity contribution in [3.63, 3.8) is 0 Å². The second-order valence-corrected chi connectivity index (χ2v) is 4.69. The highest BCUT2D eigenvalue weighted by Crippen LogP contribution is 2.06. The number of hydrogen-bond acceptors (Lipinski definition) is 3. The van der Waals surface area contributed by atoms with Crippen LogP contribution in [0.4, 0.5) is 0 Å². The molecule has 1 aromatic rings. The Morgan fingerprint density at radius 3 is 2.40 bits per heavy atom. The number of benzene rings is 1. The highest BCUT2D eigenvalue weighted by atomic mass is 16.3. The molecule has 3 nitrogen and oxygen atoms in total. The molecule has 0 aliphatic carbocycles. The van der Waals surface area contributed by atoms with Crippen molar-refractivity contribution >= 4 is 0 Å². The lowest BCUT2D eigenvalue weighted by Crippen LogP contribution is -2.34. The van der Waals surface area contributed by atoms with Crippen molar-refractivity contribution in [3.8, 4) is 0 Å². The summed E-state index contributed by atoms with van der Waals surface area (Å²) in [5.74, 6) is 0.290. The predicted molar refractivity (Wildman–Crippen MR) is 85.5 cm³/mol. The van der Waals surface area contributed by atoms with Crippen molar-refractivity contribution in [1.29, 1.82) is 0 Å². The summed E-state index contributed by atoms with van der Waals surface area (Å²) in [5, 5.41) is 9.88. The Balaban J connectivity index is 2.52. The van der Waals surface area contributed by atoms with E-state index in [2.05, 4.69) is 42.7 Å². The summed E-state index contributed by atoms with van der Waals surface area (Å²) in [6, 6.07) is 10.5. The van der Waals surface area contributed by atoms with Crippen molar-refractivity contribution in [3.05, 3.63) is 60.5 Å². The minimum absolute atomic E-state index is 0.290. The second-order valence-electron chi connectivity index (χ2n) is 4.69. The summed E-state index contributed by atoms with van der Waals surface area (Å²) in [4.78, 5) is 4.33. The Hall–Kier alpha value is -1.74. The number of aliphatic hydroxyl groups excluding tert-OH is 1. The van der Waals surface area contributed by atoms with Crippen molar-refractivity contribution in [2.24, 2.45) is 0 Å². The SMILES string of the molecule is C=C/C=C(\O)N(CC)CCN(CC)Cc1ccccc1. The molecule has 0 heterocycles. The molecule has 0 aromatic heterocycles. The first-order valence-corrected chi connectivity index (χ1v) is 7.24. The van der Waals surface area contributed by atoms with Gasteiger partial charge in [0.2, 0.25) is 0 Å². The third kappa shape index (κ3) is 5.49. The van der Waals surface area contributed by atoms with E-state index in [4.69, 9.17) is 0 Å². The zero-order valence-corrected chi connectivity index (χ0v) is 12.6. The van der Waals surface area contributed by atoms with Gasteiger partial charge in [-0.1, -0.05) is 49.9 Å². The van der Waals surface area contributed by atoms with Gasteiger partial charge in [0.15, 0.2) is 5.88 Å². The first-order valence-electron chi connectivity index (χ1n) is 7.24. The zero-order valence-electron chi connectivity index (χ0n) is 12.6. The molecule has 20 heavy (non-hydrogen) atoms. The van der Waals surface area contributed by atoms with Gasteiger partial charge >= 0.3 is 0 Å². The molecular weight excluding hydrogens is 248 g/mol. The van der Waals surface area contributed by atoms with Crippen LogP contribution in [0.15, 0.2) is 54.9 Å². The van der Waals surface area contributed by atoms with Gasteiger partial charge < -0.3 is 10.0 Å². The van der Waals surface area contributed by atoms with E-state index < -0.39 is 0 Å². The number of nitrogens with zero attached hydrogens (tertiary/aromatic N) is 2. The van der Waals surface area contributed by atoms with Gasteiger partial charge in [0.1, 0.15) is 0 Å². The monoisotopic (exact) mass is 274 g/mol. The van der Waals surface area contributed by atoms with E-state index in [1.54, 1.807) is 12.2 Å². The quantitative estimate of drug-likeness (QED) is 0.552. The molecule has 0 saturated carbocycles. The van der Waals surface area contributed by atoms with Crippen molar-refractivity contribution in [2.45, 2.75) is 20.4 Å². The molecule has 1 aromatic carbocycles. The first-order chi connectivity index (χ1) is 9.71. The van der Waals surface area contributed by atoms with Crippen molar-refractivity contribution in [2.75, 3.05) is 26.2 Å². The normalized spacial score (nSPS) is 11.7. The summed E-state index contributed by atoms with van der Waals surface area (Å²) in [6.45, 7) is 12.3. The highest BCUT2D eigenvalue weighted by Gasteiger charge is 2.08. The van der Waals surface area contributed by atoms with E-state index >= 15 is 0 Å². The van der Waals surface area contributed by atoms with Crippen LogP contribution in [0.25, 0.3) is 0 Å². The standard InChI is InChI=1S/C17H26N2O/c1-4-10-17(20)19(6-3)14-13-18(5-2)15-16-11-8-7-9-12-16/h4,7-12,20H,1,5-6,13-15H2,2-3H3/b17-10-. The minimum atomic E-state index is 0.290. The smallest absolute Gasteiger partial charge is 0.186 e. The molecule has 110 valence electrons. The maximum Gasteiger partial charge on any atom is 0.186 e. The van der Waals surface area contributed by atoms with Gasteiger partial charge in [0.25, 0.3) is 0 Å². The fraction of sp³-hybridized carbons (Fsp3) is 0.412. The Labute approximate surface area is 122 Å². The van der Waals surface area contributed by atoms with Crippen LogP contribution in [-0.2, 0) is 6.54 Å². The molecule has 0 unspecified atom stereocenters. The molecule has 0 radical (unpaired) electrons. The molecule has 0 aliphatic heterocycles. The summed E-state index contributed by atoms with van der Waals surface area (Å²) >= 11 is 0. The van der Waals surface area contributed by atoms with E-state index in [9.17, 15) is 5.11 Å². The summed E-state index contributed by atoms with van der Waals surface area (Å²) in [5.41, 5.74) is 1.32. The van der Waals surface area contributed by atoms with E-state index in [-0.39, 0.29) is 0 Å². The molecule has 0 atom stereocenters. The first kappa shape index (κ1) is 16.3. The Morgan fingerprint density at radius 1 is 1.15 bits per heavy atom. The topological polar surface area (TPSA) is 26.7 Å². The lowest BCUT2D eigenvalue weighted by atomic mass is 10.2. The maximum atomic E-state index is 9.88. The fourth-order valence-corrected chi connectivity index (χ4v) is 2.10. The number of aliphatic hydroxyl groups is 1. The number of likely N-dealkylation sites (N-methyl/N-ethyl adjacent to an activating group) is 2. The summed E-state index contributed by atoms with van der Waals surface area (Å²) in [6.07, 6.45) is 3.25. The minimum Gasteiger partial charge on any atom is -0.495 e. The van der Waals surface area contributed by atoms with Crippen LogP contribution >= 0.6 is 0 Å². The van der Waals surface area contributed by atoms with Crippen LogP contribution in [0.1, 0.15) is 19.4 Å². The summed E-state index contributed by atoms with van der Waals surface area (Å²) < 4.78 is 0. The number of allylic oxidation sites excluding steroid dienone is 2. The average Bonchev–Trinajstić information content (AvgIpc) is 2.48. The van der Waals surface area contributed by atoms with Gasteiger partial charge in [-0.25, -0.2) is 0 Å². The van der Waals surface area contributed by atoms with Gasteiger partial charge in [-0.05, 0) is 25.1 Å². The van der Waals surface area contributed by atoms with Gasteiger partial charge in [-0.15, -0.1) is 0 Å². The lowest BCUT2D eigenvalue weighted by molar-refractivity contribution is 0.175. The second kappa shape index (κ2) is 9.21. The van der Waals surface area contributed by atoms with Crippen molar-refractivity contribution < 1.29 is 5.11 Å². The van der Waals surface area contributed by atoms with E-state index in [1.807, 2.05) is 17.9 Å². The van der Waals surface area contributed by atoms with Gasteiger partial charge in [-0.3, -0.25) is 4.90 Å². The molecule has 0 saturated heterocycles. The van der Waals surface area contributed by atoms with Crippen LogP contribution in [0.5, 0.6) is 0 Å². The molecule has 0 fully saturated rings.